The number of hydrogen-bond acceptors (Lipinski definition) is 3. The maximum Gasteiger partial charge on any atom is 0.156 e. The quantitative estimate of drug-likeness (QED) is 0.596. The number of aromatic amines is 1. The Labute approximate surface area is 145 Å². The predicted molar refractivity (Wildman–Crippen MR) is 95.8 cm³/mol. The van der Waals surface area contributed by atoms with Crippen molar-refractivity contribution in [2.75, 3.05) is 6.54 Å². The van der Waals surface area contributed by atoms with E-state index >= 15 is 0 Å². The van der Waals surface area contributed by atoms with Gasteiger partial charge in [-0.15, -0.1) is 0 Å². The van der Waals surface area contributed by atoms with Crippen molar-refractivity contribution in [2.45, 2.75) is 45.1 Å². The molecule has 126 valence electrons. The summed E-state index contributed by atoms with van der Waals surface area (Å²) in [4.78, 5) is 0. The van der Waals surface area contributed by atoms with Gasteiger partial charge in [-0.05, 0) is 25.8 Å². The maximum atomic E-state index is 14.0. The van der Waals surface area contributed by atoms with Gasteiger partial charge in [-0.3, -0.25) is 5.10 Å². The highest BCUT2D eigenvalue weighted by atomic mass is 79.9. The van der Waals surface area contributed by atoms with Crippen LogP contribution in [0.25, 0.3) is 0 Å². The zero-order valence-corrected chi connectivity index (χ0v) is 15.0. The third kappa shape index (κ3) is 4.32. The first kappa shape index (κ1) is 17.9. The Morgan fingerprint density at radius 1 is 1.57 bits per heavy atom. The summed E-state index contributed by atoms with van der Waals surface area (Å²) in [5, 5.41) is 10.7. The summed E-state index contributed by atoms with van der Waals surface area (Å²) in [7, 11) is 0. The second-order valence-corrected chi connectivity index (χ2v) is 6.93. The number of halogens is 2. The highest BCUT2D eigenvalue weighted by Crippen LogP contribution is 2.37. The first-order chi connectivity index (χ1) is 11.1. The molecule has 1 heterocycles. The molecule has 0 radical (unpaired) electrons. The molecule has 4 N–H and O–H groups in total. The number of allylic oxidation sites excluding steroid dienone is 4. The predicted octanol–water partition coefficient (Wildman–Crippen LogP) is 3.93. The molecule has 6 heteroatoms. The first-order valence-electron chi connectivity index (χ1n) is 7.93. The second kappa shape index (κ2) is 8.45. The molecule has 1 aliphatic rings. The molecular formula is C17H24BrFN4. The van der Waals surface area contributed by atoms with Gasteiger partial charge < -0.3 is 11.1 Å². The van der Waals surface area contributed by atoms with Crippen LogP contribution in [0.5, 0.6) is 0 Å². The topological polar surface area (TPSA) is 66.7 Å². The first-order valence-corrected chi connectivity index (χ1v) is 8.72. The van der Waals surface area contributed by atoms with Gasteiger partial charge in [-0.2, -0.15) is 5.10 Å². The molecule has 0 bridgehead atoms. The van der Waals surface area contributed by atoms with Crippen molar-refractivity contribution in [3.05, 3.63) is 51.7 Å². The Morgan fingerprint density at radius 2 is 2.30 bits per heavy atom. The number of H-pyrrole nitrogens is 1. The molecule has 0 saturated heterocycles. The molecular weight excluding hydrogens is 359 g/mol. The van der Waals surface area contributed by atoms with Crippen LogP contribution in [0.2, 0.25) is 0 Å². The van der Waals surface area contributed by atoms with Crippen LogP contribution in [0.1, 0.15) is 49.1 Å². The maximum absolute atomic E-state index is 14.0. The molecule has 23 heavy (non-hydrogen) atoms. The molecule has 0 amide bonds. The van der Waals surface area contributed by atoms with Gasteiger partial charge in [0.15, 0.2) is 5.83 Å². The van der Waals surface area contributed by atoms with Gasteiger partial charge in [0.1, 0.15) is 0 Å². The van der Waals surface area contributed by atoms with Gasteiger partial charge in [0.25, 0.3) is 0 Å². The minimum absolute atomic E-state index is 0.316. The van der Waals surface area contributed by atoms with E-state index in [1.54, 1.807) is 19.1 Å². The van der Waals surface area contributed by atoms with Crippen molar-refractivity contribution in [3.63, 3.8) is 0 Å². The minimum atomic E-state index is -0.316. The largest absolute Gasteiger partial charge is 0.382 e. The summed E-state index contributed by atoms with van der Waals surface area (Å²) < 4.78 is 14.5. The fourth-order valence-corrected chi connectivity index (χ4v) is 2.92. The summed E-state index contributed by atoms with van der Waals surface area (Å²) in [6.45, 7) is 6.37. The van der Waals surface area contributed by atoms with Gasteiger partial charge in [0.05, 0.1) is 11.4 Å². The fourth-order valence-electron chi connectivity index (χ4n) is 2.71. The molecule has 1 aliphatic carbocycles. The molecule has 1 fully saturated rings. The highest BCUT2D eigenvalue weighted by Gasteiger charge is 2.25. The van der Waals surface area contributed by atoms with Crippen LogP contribution in [0.4, 0.5) is 4.39 Å². The van der Waals surface area contributed by atoms with Crippen LogP contribution in [0.15, 0.2) is 34.7 Å². The third-order valence-corrected chi connectivity index (χ3v) is 4.54. The van der Waals surface area contributed by atoms with Crippen LogP contribution in [-0.4, -0.2) is 16.7 Å². The van der Waals surface area contributed by atoms with E-state index in [9.17, 15) is 4.39 Å². The van der Waals surface area contributed by atoms with E-state index < -0.39 is 0 Å². The summed E-state index contributed by atoms with van der Waals surface area (Å²) >= 11 is 3.16. The van der Waals surface area contributed by atoms with E-state index in [-0.39, 0.29) is 5.83 Å². The average Bonchev–Trinajstić information content (AvgIpc) is 2.86. The van der Waals surface area contributed by atoms with Gasteiger partial charge in [-0.1, -0.05) is 35.0 Å². The standard InChI is InChI=1S/C17H24BrFN4/c1-3-5-15(16(19)11(2)18)21-9-8-14-13(10-20)17(23-22-14)12-6-4-7-12/h3,5,12,21H,1,4,6-10,20H2,2H3,(H,22,23)/b15-5+,16-11-. The number of aromatic nitrogens is 2. The Bertz CT molecular complexity index is 610. The molecule has 2 rings (SSSR count). The van der Waals surface area contributed by atoms with Crippen LogP contribution >= 0.6 is 15.9 Å². The van der Waals surface area contributed by atoms with Crippen molar-refractivity contribution in [1.82, 2.24) is 15.5 Å². The van der Waals surface area contributed by atoms with Crippen molar-refractivity contribution < 1.29 is 4.39 Å². The zero-order chi connectivity index (χ0) is 16.8. The Kier molecular flexibility index (Phi) is 6.59. The van der Waals surface area contributed by atoms with Gasteiger partial charge in [0.2, 0.25) is 0 Å². The van der Waals surface area contributed by atoms with Crippen LogP contribution in [-0.2, 0) is 13.0 Å². The van der Waals surface area contributed by atoms with Crippen LogP contribution < -0.4 is 11.1 Å². The minimum Gasteiger partial charge on any atom is -0.382 e. The molecule has 0 atom stereocenters. The smallest absolute Gasteiger partial charge is 0.156 e. The molecule has 1 saturated carbocycles. The van der Waals surface area contributed by atoms with Crippen LogP contribution in [0, 0.1) is 0 Å². The van der Waals surface area contributed by atoms with Crippen LogP contribution in [0.3, 0.4) is 0 Å². The van der Waals surface area contributed by atoms with E-state index in [1.165, 1.54) is 19.3 Å². The Hall–Kier alpha value is -1.40. The van der Waals surface area contributed by atoms with Crippen molar-refractivity contribution in [3.8, 4) is 0 Å². The van der Waals surface area contributed by atoms with Gasteiger partial charge in [-0.25, -0.2) is 4.39 Å². The average molecular weight is 383 g/mol. The molecule has 0 aliphatic heterocycles. The number of rotatable bonds is 8. The Balaban J connectivity index is 2.00. The number of hydrogen-bond donors (Lipinski definition) is 3. The SMILES string of the molecule is C=C/C=C(NCCc1[nH]nc(C2CCC2)c1CN)\C(F)=C(/C)Br. The summed E-state index contributed by atoms with van der Waals surface area (Å²) in [6.07, 6.45) is 7.57. The highest BCUT2D eigenvalue weighted by molar-refractivity contribution is 9.11. The van der Waals surface area contributed by atoms with Crippen molar-refractivity contribution in [1.29, 1.82) is 0 Å². The third-order valence-electron chi connectivity index (χ3n) is 4.19. The lowest BCUT2D eigenvalue weighted by Crippen LogP contribution is -2.19. The second-order valence-electron chi connectivity index (χ2n) is 5.74. The summed E-state index contributed by atoms with van der Waals surface area (Å²) in [5.41, 5.74) is 9.61. The fraction of sp³-hybridized carbons (Fsp3) is 0.471. The molecule has 4 nitrogen and oxygen atoms in total. The van der Waals surface area contributed by atoms with E-state index in [4.69, 9.17) is 5.73 Å². The lowest BCUT2D eigenvalue weighted by molar-refractivity contribution is 0.408. The normalized spacial score (nSPS) is 16.8. The monoisotopic (exact) mass is 382 g/mol. The van der Waals surface area contributed by atoms with E-state index in [2.05, 4.69) is 38.0 Å². The van der Waals surface area contributed by atoms with Crippen molar-refractivity contribution >= 4 is 15.9 Å². The Morgan fingerprint density at radius 3 is 2.83 bits per heavy atom. The number of nitrogens with zero attached hydrogens (tertiary/aromatic N) is 1. The molecule has 0 aromatic carbocycles. The zero-order valence-electron chi connectivity index (χ0n) is 13.5. The van der Waals surface area contributed by atoms with E-state index in [1.807, 2.05) is 0 Å². The van der Waals surface area contributed by atoms with E-state index in [0.717, 1.165) is 23.4 Å². The lowest BCUT2D eigenvalue weighted by Gasteiger charge is -2.24. The van der Waals surface area contributed by atoms with Gasteiger partial charge >= 0.3 is 0 Å². The molecule has 0 unspecified atom stereocenters. The summed E-state index contributed by atoms with van der Waals surface area (Å²) in [6, 6.07) is 0. The number of nitrogens with two attached hydrogens (primary N) is 1. The molecule has 1 aromatic rings. The number of nitrogens with one attached hydrogen (secondary N) is 2. The van der Waals surface area contributed by atoms with Crippen molar-refractivity contribution in [2.24, 2.45) is 5.73 Å². The molecule has 0 spiro atoms. The summed E-state index contributed by atoms with van der Waals surface area (Å²) in [5.74, 6) is 0.239. The van der Waals surface area contributed by atoms with Gasteiger partial charge in [0, 0.05) is 41.2 Å². The molecule has 1 aromatic heterocycles. The van der Waals surface area contributed by atoms with E-state index in [0.29, 0.717) is 29.2 Å². The lowest BCUT2D eigenvalue weighted by atomic mass is 9.81.